The van der Waals surface area contributed by atoms with Crippen molar-refractivity contribution in [3.63, 3.8) is 0 Å². The average molecular weight is 501 g/mol. The first-order valence-corrected chi connectivity index (χ1v) is 10.5. The van der Waals surface area contributed by atoms with Crippen molar-refractivity contribution in [3.05, 3.63) is 85.3 Å². The molecule has 162 valence electrons. The van der Waals surface area contributed by atoms with Crippen LogP contribution in [0.15, 0.2) is 48.5 Å². The van der Waals surface area contributed by atoms with Gasteiger partial charge in [-0.1, -0.05) is 52.5 Å². The molecule has 5 nitrogen and oxygen atoms in total. The Morgan fingerprint density at radius 1 is 0.935 bits per heavy atom. The lowest BCUT2D eigenvalue weighted by molar-refractivity contribution is 0.0697. The van der Waals surface area contributed by atoms with Crippen molar-refractivity contribution in [2.45, 2.75) is 13.2 Å². The summed E-state index contributed by atoms with van der Waals surface area (Å²) in [5.41, 5.74) is 1.96. The Morgan fingerprint density at radius 2 is 1.65 bits per heavy atom. The number of nitrogens with one attached hydrogen (secondary N) is 1. The van der Waals surface area contributed by atoms with Crippen LogP contribution in [-0.4, -0.2) is 18.2 Å². The summed E-state index contributed by atoms with van der Waals surface area (Å²) in [6.45, 7) is 0.426. The van der Waals surface area contributed by atoms with Gasteiger partial charge in [-0.05, 0) is 42.0 Å². The van der Waals surface area contributed by atoms with Gasteiger partial charge >= 0.3 is 5.97 Å². The minimum Gasteiger partial charge on any atom is -0.493 e. The van der Waals surface area contributed by atoms with Crippen molar-refractivity contribution in [1.82, 2.24) is 0 Å². The lowest BCUT2D eigenvalue weighted by Crippen LogP contribution is -2.05. The summed E-state index contributed by atoms with van der Waals surface area (Å²) in [7, 11) is 1.52. The monoisotopic (exact) mass is 499 g/mol. The third kappa shape index (κ3) is 5.69. The standard InChI is InChI=1S/C22H17Cl4NO4/c1-30-20-8-13(10-27-19-7-12(22(28)29)5-6-17(19)25)18(26)9-21(20)31-11-14-15(23)3-2-4-16(14)24/h2-9,27H,10-11H2,1H3,(H,28,29). The molecular weight excluding hydrogens is 484 g/mol. The third-order valence-electron chi connectivity index (χ3n) is 4.45. The number of anilines is 1. The zero-order valence-electron chi connectivity index (χ0n) is 16.2. The highest BCUT2D eigenvalue weighted by atomic mass is 35.5. The van der Waals surface area contributed by atoms with Gasteiger partial charge in [0.2, 0.25) is 0 Å². The summed E-state index contributed by atoms with van der Waals surface area (Å²) < 4.78 is 11.3. The first-order valence-electron chi connectivity index (χ1n) is 8.99. The number of carbonyl (C=O) groups is 1. The van der Waals surface area contributed by atoms with Crippen LogP contribution >= 0.6 is 46.4 Å². The molecule has 3 aromatic rings. The highest BCUT2D eigenvalue weighted by Crippen LogP contribution is 2.36. The second-order valence-corrected chi connectivity index (χ2v) is 8.07. The Balaban J connectivity index is 1.78. The maximum atomic E-state index is 11.2. The number of carboxylic acids is 1. The van der Waals surface area contributed by atoms with Crippen LogP contribution in [0, 0.1) is 0 Å². The number of halogens is 4. The molecule has 0 aliphatic heterocycles. The van der Waals surface area contributed by atoms with Crippen LogP contribution in [0.1, 0.15) is 21.5 Å². The molecule has 0 saturated heterocycles. The lowest BCUT2D eigenvalue weighted by Gasteiger charge is -2.16. The highest BCUT2D eigenvalue weighted by molar-refractivity contribution is 6.36. The lowest BCUT2D eigenvalue weighted by atomic mass is 10.1. The maximum absolute atomic E-state index is 11.2. The van der Waals surface area contributed by atoms with Crippen LogP contribution < -0.4 is 14.8 Å². The van der Waals surface area contributed by atoms with E-state index >= 15 is 0 Å². The molecule has 0 atom stereocenters. The second-order valence-electron chi connectivity index (χ2n) is 6.44. The van der Waals surface area contributed by atoms with E-state index in [1.165, 1.54) is 25.3 Å². The van der Waals surface area contributed by atoms with Crippen molar-refractivity contribution in [2.24, 2.45) is 0 Å². The van der Waals surface area contributed by atoms with Crippen LogP contribution in [0.4, 0.5) is 5.69 Å². The van der Waals surface area contributed by atoms with Gasteiger partial charge in [-0.3, -0.25) is 0 Å². The molecule has 0 fully saturated rings. The van der Waals surface area contributed by atoms with E-state index < -0.39 is 5.97 Å². The SMILES string of the molecule is COc1cc(CNc2cc(C(=O)O)ccc2Cl)c(Cl)cc1OCc1c(Cl)cccc1Cl. The van der Waals surface area contributed by atoms with Gasteiger partial charge in [0, 0.05) is 33.2 Å². The first-order chi connectivity index (χ1) is 14.8. The van der Waals surface area contributed by atoms with Crippen molar-refractivity contribution >= 4 is 58.1 Å². The number of benzene rings is 3. The minimum atomic E-state index is -1.04. The van der Waals surface area contributed by atoms with E-state index in [4.69, 9.17) is 61.0 Å². The fourth-order valence-electron chi connectivity index (χ4n) is 2.79. The van der Waals surface area contributed by atoms with Crippen LogP contribution in [0.25, 0.3) is 0 Å². The molecule has 0 saturated carbocycles. The normalized spacial score (nSPS) is 10.6. The Bertz CT molecular complexity index is 1100. The van der Waals surface area contributed by atoms with Crippen LogP contribution in [0.3, 0.4) is 0 Å². The number of hydrogen-bond acceptors (Lipinski definition) is 4. The maximum Gasteiger partial charge on any atom is 0.335 e. The number of rotatable bonds is 8. The smallest absolute Gasteiger partial charge is 0.335 e. The van der Waals surface area contributed by atoms with Gasteiger partial charge in [0.1, 0.15) is 6.61 Å². The largest absolute Gasteiger partial charge is 0.493 e. The summed E-state index contributed by atoms with van der Waals surface area (Å²) in [4.78, 5) is 11.2. The fourth-order valence-corrected chi connectivity index (χ4v) is 3.70. The molecule has 0 unspecified atom stereocenters. The number of ether oxygens (including phenoxy) is 2. The van der Waals surface area contributed by atoms with E-state index in [0.29, 0.717) is 48.4 Å². The molecule has 0 spiro atoms. The highest BCUT2D eigenvalue weighted by Gasteiger charge is 2.14. The zero-order valence-corrected chi connectivity index (χ0v) is 19.2. The van der Waals surface area contributed by atoms with Gasteiger partial charge in [0.05, 0.1) is 23.4 Å². The van der Waals surface area contributed by atoms with E-state index in [2.05, 4.69) is 5.32 Å². The summed E-state index contributed by atoms with van der Waals surface area (Å²) in [6, 6.07) is 13.0. The molecule has 0 heterocycles. The average Bonchev–Trinajstić information content (AvgIpc) is 2.73. The van der Waals surface area contributed by atoms with E-state index in [1.807, 2.05) is 0 Å². The Kier molecular flexibility index (Phi) is 7.79. The summed E-state index contributed by atoms with van der Waals surface area (Å²) >= 11 is 25.0. The quantitative estimate of drug-likeness (QED) is 0.342. The number of carboxylic acid groups (broad SMARTS) is 1. The molecular formula is C22H17Cl4NO4. The fraction of sp³-hybridized carbons (Fsp3) is 0.136. The van der Waals surface area contributed by atoms with Gasteiger partial charge in [0.15, 0.2) is 11.5 Å². The number of methoxy groups -OCH3 is 1. The number of hydrogen-bond donors (Lipinski definition) is 2. The van der Waals surface area contributed by atoms with Crippen LogP contribution in [-0.2, 0) is 13.2 Å². The van der Waals surface area contributed by atoms with Crippen LogP contribution in [0.2, 0.25) is 20.1 Å². The van der Waals surface area contributed by atoms with E-state index in [0.717, 1.165) is 0 Å². The number of aromatic carboxylic acids is 1. The minimum absolute atomic E-state index is 0.123. The Hall–Kier alpha value is -2.31. The van der Waals surface area contributed by atoms with E-state index in [9.17, 15) is 4.79 Å². The molecule has 0 bridgehead atoms. The topological polar surface area (TPSA) is 67.8 Å². The molecule has 0 aromatic heterocycles. The van der Waals surface area contributed by atoms with E-state index in [1.54, 1.807) is 30.3 Å². The second kappa shape index (κ2) is 10.3. The molecule has 0 amide bonds. The molecule has 2 N–H and O–H groups in total. The molecule has 0 aliphatic carbocycles. The van der Waals surface area contributed by atoms with Gasteiger partial charge in [-0.2, -0.15) is 0 Å². The van der Waals surface area contributed by atoms with Crippen molar-refractivity contribution in [3.8, 4) is 11.5 Å². The Morgan fingerprint density at radius 3 is 2.29 bits per heavy atom. The summed E-state index contributed by atoms with van der Waals surface area (Å²) in [5, 5.41) is 14.1. The van der Waals surface area contributed by atoms with Gasteiger partial charge in [-0.15, -0.1) is 0 Å². The summed E-state index contributed by atoms with van der Waals surface area (Å²) in [5.74, 6) is -0.146. The molecule has 9 heteroatoms. The third-order valence-corrected chi connectivity index (χ3v) is 5.84. The molecule has 3 aromatic carbocycles. The molecule has 3 rings (SSSR count). The molecule has 31 heavy (non-hydrogen) atoms. The zero-order chi connectivity index (χ0) is 22.5. The Labute approximate surface area is 199 Å². The van der Waals surface area contributed by atoms with Crippen molar-refractivity contribution < 1.29 is 19.4 Å². The van der Waals surface area contributed by atoms with Gasteiger partial charge < -0.3 is 19.9 Å². The van der Waals surface area contributed by atoms with E-state index in [-0.39, 0.29) is 18.7 Å². The van der Waals surface area contributed by atoms with Gasteiger partial charge in [0.25, 0.3) is 0 Å². The van der Waals surface area contributed by atoms with Crippen molar-refractivity contribution in [2.75, 3.05) is 12.4 Å². The predicted molar refractivity (Wildman–Crippen MR) is 125 cm³/mol. The molecule has 0 radical (unpaired) electrons. The summed E-state index contributed by atoms with van der Waals surface area (Å²) in [6.07, 6.45) is 0. The first kappa shape index (κ1) is 23.4. The van der Waals surface area contributed by atoms with Gasteiger partial charge in [-0.25, -0.2) is 4.79 Å². The van der Waals surface area contributed by atoms with Crippen LogP contribution in [0.5, 0.6) is 11.5 Å². The van der Waals surface area contributed by atoms with Crippen molar-refractivity contribution in [1.29, 1.82) is 0 Å². The molecule has 0 aliphatic rings. The predicted octanol–water partition coefficient (Wildman–Crippen LogP) is 7.20.